The molecule has 3 N–H and O–H groups in total. The van der Waals surface area contributed by atoms with Crippen molar-refractivity contribution < 1.29 is 14.9 Å². The van der Waals surface area contributed by atoms with Crippen molar-refractivity contribution >= 4 is 16.6 Å². The fourth-order valence-electron chi connectivity index (χ4n) is 3.72. The highest BCUT2D eigenvalue weighted by atomic mass is 16.5. The van der Waals surface area contributed by atoms with Gasteiger partial charge in [-0.05, 0) is 35.4 Å². The number of anilines is 1. The van der Waals surface area contributed by atoms with Crippen LogP contribution in [-0.4, -0.2) is 52.7 Å². The summed E-state index contributed by atoms with van der Waals surface area (Å²) in [5.41, 5.74) is 2.19. The summed E-state index contributed by atoms with van der Waals surface area (Å²) in [6.45, 7) is -0.346. The summed E-state index contributed by atoms with van der Waals surface area (Å²) < 4.78 is 6.95. The topological polar surface area (TPSA) is 108 Å². The molecule has 152 valence electrons. The third-order valence-corrected chi connectivity index (χ3v) is 5.33. The van der Waals surface area contributed by atoms with Gasteiger partial charge in [0.1, 0.15) is 12.3 Å². The summed E-state index contributed by atoms with van der Waals surface area (Å²) >= 11 is 0. The third kappa shape index (κ3) is 3.46. The van der Waals surface area contributed by atoms with Gasteiger partial charge in [-0.2, -0.15) is 0 Å². The molecule has 0 bridgehead atoms. The first-order chi connectivity index (χ1) is 13.9. The molecule has 1 fully saturated rings. The van der Waals surface area contributed by atoms with Gasteiger partial charge in [0.2, 0.25) is 0 Å². The Morgan fingerprint density at radius 2 is 1.83 bits per heavy atom. The molecule has 2 heterocycles. The van der Waals surface area contributed by atoms with Gasteiger partial charge >= 0.3 is 5.69 Å². The molecule has 0 spiro atoms. The molecule has 0 amide bonds. The Hall–Kier alpha value is -2.94. The number of aliphatic hydroxyl groups is 2. The summed E-state index contributed by atoms with van der Waals surface area (Å²) in [5.74, 6) is 0. The van der Waals surface area contributed by atoms with Crippen LogP contribution in [0.15, 0.2) is 52.1 Å². The van der Waals surface area contributed by atoms with Gasteiger partial charge in [-0.3, -0.25) is 14.3 Å². The van der Waals surface area contributed by atoms with Crippen molar-refractivity contribution in [3.05, 3.63) is 63.3 Å². The minimum Gasteiger partial charge on any atom is -0.394 e. The van der Waals surface area contributed by atoms with E-state index in [4.69, 9.17) is 4.74 Å². The zero-order chi connectivity index (χ0) is 20.7. The summed E-state index contributed by atoms with van der Waals surface area (Å²) in [5, 5.41) is 19.7. The summed E-state index contributed by atoms with van der Waals surface area (Å²) in [6, 6.07) is 13.2. The lowest BCUT2D eigenvalue weighted by Gasteiger charge is -2.17. The molecule has 0 aliphatic carbocycles. The van der Waals surface area contributed by atoms with Crippen molar-refractivity contribution in [1.29, 1.82) is 0 Å². The van der Waals surface area contributed by atoms with Gasteiger partial charge in [0.25, 0.3) is 5.56 Å². The fraction of sp³-hybridized carbons (Fsp3) is 0.333. The normalized spacial score (nSPS) is 21.6. The Morgan fingerprint density at radius 3 is 2.45 bits per heavy atom. The van der Waals surface area contributed by atoms with Gasteiger partial charge in [-0.1, -0.05) is 18.2 Å². The van der Waals surface area contributed by atoms with Gasteiger partial charge in [-0.25, -0.2) is 4.79 Å². The van der Waals surface area contributed by atoms with E-state index in [1.807, 2.05) is 49.3 Å². The molecular weight excluding hydrogens is 374 g/mol. The van der Waals surface area contributed by atoms with Crippen LogP contribution in [0.3, 0.4) is 0 Å². The number of aromatic nitrogens is 2. The quantitative estimate of drug-likeness (QED) is 0.608. The number of hydrogen-bond donors (Lipinski definition) is 3. The molecule has 1 aromatic heterocycles. The Morgan fingerprint density at radius 1 is 1.14 bits per heavy atom. The lowest BCUT2D eigenvalue weighted by molar-refractivity contribution is -0.0443. The number of ether oxygens (including phenoxy) is 1. The van der Waals surface area contributed by atoms with E-state index in [-0.39, 0.29) is 13.0 Å². The van der Waals surface area contributed by atoms with Gasteiger partial charge < -0.3 is 19.8 Å². The van der Waals surface area contributed by atoms with E-state index in [0.717, 1.165) is 16.8 Å². The van der Waals surface area contributed by atoms with E-state index in [2.05, 4.69) is 4.98 Å². The minimum atomic E-state index is -0.881. The zero-order valence-corrected chi connectivity index (χ0v) is 16.2. The number of benzene rings is 2. The Bertz CT molecular complexity index is 1150. The second kappa shape index (κ2) is 7.47. The molecule has 3 atom stereocenters. The van der Waals surface area contributed by atoms with Gasteiger partial charge in [0.15, 0.2) is 0 Å². The summed E-state index contributed by atoms with van der Waals surface area (Å²) in [4.78, 5) is 29.3. The first-order valence-electron chi connectivity index (χ1n) is 9.40. The average Bonchev–Trinajstić information content (AvgIpc) is 3.08. The third-order valence-electron chi connectivity index (χ3n) is 5.33. The Labute approximate surface area is 166 Å². The van der Waals surface area contributed by atoms with E-state index in [0.29, 0.717) is 10.9 Å². The van der Waals surface area contributed by atoms with Crippen molar-refractivity contribution in [2.45, 2.75) is 24.9 Å². The second-order valence-corrected chi connectivity index (χ2v) is 7.42. The molecule has 1 saturated heterocycles. The highest BCUT2D eigenvalue weighted by molar-refractivity contribution is 5.84. The molecule has 0 saturated carbocycles. The van der Waals surface area contributed by atoms with Gasteiger partial charge in [-0.15, -0.1) is 0 Å². The number of rotatable bonds is 4. The molecule has 8 nitrogen and oxygen atoms in total. The molecule has 1 aliphatic heterocycles. The Kier molecular flexibility index (Phi) is 4.99. The zero-order valence-electron chi connectivity index (χ0n) is 16.2. The molecule has 4 rings (SSSR count). The van der Waals surface area contributed by atoms with Crippen molar-refractivity contribution in [2.75, 3.05) is 25.6 Å². The number of aromatic amines is 1. The number of nitrogens with one attached hydrogen (secondary N) is 1. The predicted molar refractivity (Wildman–Crippen MR) is 110 cm³/mol. The van der Waals surface area contributed by atoms with E-state index in [1.54, 1.807) is 12.1 Å². The van der Waals surface area contributed by atoms with E-state index in [9.17, 15) is 19.8 Å². The number of fused-ring (bicyclic) bond motifs is 1. The molecule has 0 radical (unpaired) electrons. The van der Waals surface area contributed by atoms with Crippen LogP contribution >= 0.6 is 0 Å². The first kappa shape index (κ1) is 19.4. The van der Waals surface area contributed by atoms with Crippen molar-refractivity contribution in [3.8, 4) is 11.1 Å². The SMILES string of the molecule is CN(C)c1ccc(-c2ccc3c(c2)c(=O)[nH]c(=O)n3[C@H]2C[C@H](O)[C@@H](CO)O2)cc1. The maximum absolute atomic E-state index is 12.5. The number of hydrogen-bond acceptors (Lipinski definition) is 6. The average molecular weight is 397 g/mol. The predicted octanol–water partition coefficient (Wildman–Crippen LogP) is 1.06. The van der Waals surface area contributed by atoms with Crippen LogP contribution in [0.5, 0.6) is 0 Å². The molecule has 1 aliphatic rings. The van der Waals surface area contributed by atoms with Crippen LogP contribution in [0, 0.1) is 0 Å². The van der Waals surface area contributed by atoms with Crippen molar-refractivity contribution in [1.82, 2.24) is 9.55 Å². The van der Waals surface area contributed by atoms with E-state index in [1.165, 1.54) is 4.57 Å². The van der Waals surface area contributed by atoms with Crippen molar-refractivity contribution in [2.24, 2.45) is 0 Å². The molecule has 8 heteroatoms. The van der Waals surface area contributed by atoms with Crippen LogP contribution in [0.2, 0.25) is 0 Å². The lowest BCUT2D eigenvalue weighted by Crippen LogP contribution is -2.33. The lowest BCUT2D eigenvalue weighted by atomic mass is 10.0. The number of H-pyrrole nitrogens is 1. The second-order valence-electron chi connectivity index (χ2n) is 7.42. The monoisotopic (exact) mass is 397 g/mol. The molecular formula is C21H23N3O5. The highest BCUT2D eigenvalue weighted by Gasteiger charge is 2.35. The molecule has 0 unspecified atom stereocenters. The molecule has 2 aromatic carbocycles. The van der Waals surface area contributed by atoms with Gasteiger partial charge in [0.05, 0.1) is 23.6 Å². The van der Waals surface area contributed by atoms with E-state index < -0.39 is 29.7 Å². The summed E-state index contributed by atoms with van der Waals surface area (Å²) in [7, 11) is 3.93. The maximum Gasteiger partial charge on any atom is 0.330 e. The largest absolute Gasteiger partial charge is 0.394 e. The Balaban J connectivity index is 1.80. The number of nitrogens with zero attached hydrogens (tertiary/aromatic N) is 2. The minimum absolute atomic E-state index is 0.153. The smallest absolute Gasteiger partial charge is 0.330 e. The van der Waals surface area contributed by atoms with Crippen LogP contribution in [0.4, 0.5) is 5.69 Å². The van der Waals surface area contributed by atoms with Crippen LogP contribution in [-0.2, 0) is 4.74 Å². The number of aliphatic hydroxyl groups excluding tert-OH is 2. The highest BCUT2D eigenvalue weighted by Crippen LogP contribution is 2.30. The van der Waals surface area contributed by atoms with Crippen LogP contribution < -0.4 is 16.1 Å². The molecule has 3 aromatic rings. The van der Waals surface area contributed by atoms with Crippen LogP contribution in [0.25, 0.3) is 22.0 Å². The fourth-order valence-corrected chi connectivity index (χ4v) is 3.72. The first-order valence-corrected chi connectivity index (χ1v) is 9.40. The maximum atomic E-state index is 12.5. The standard InChI is InChI=1S/C21H23N3O5/c1-23(2)14-6-3-12(4-7-14)13-5-8-16-15(9-13)20(27)22-21(28)24(16)19-10-17(26)18(11-25)29-19/h3-9,17-19,25-26H,10-11H2,1-2H3,(H,22,27,28)/t17-,18+,19+/m0/s1. The summed E-state index contributed by atoms with van der Waals surface area (Å²) in [6.07, 6.45) is -2.25. The van der Waals surface area contributed by atoms with Crippen molar-refractivity contribution in [3.63, 3.8) is 0 Å². The van der Waals surface area contributed by atoms with Gasteiger partial charge in [0, 0.05) is 26.2 Å². The van der Waals surface area contributed by atoms with Crippen LogP contribution in [0.1, 0.15) is 12.6 Å². The molecule has 29 heavy (non-hydrogen) atoms. The van der Waals surface area contributed by atoms with E-state index >= 15 is 0 Å².